The van der Waals surface area contributed by atoms with Gasteiger partial charge in [0.05, 0.1) is 22.4 Å². The molecule has 41 heavy (non-hydrogen) atoms. The van der Waals surface area contributed by atoms with Crippen molar-refractivity contribution in [3.05, 3.63) is 112 Å². The molecule has 1 aliphatic heterocycles. The van der Waals surface area contributed by atoms with E-state index in [0.717, 1.165) is 33.6 Å². The minimum atomic E-state index is -0.421. The zero-order chi connectivity index (χ0) is 29.3. The molecule has 1 aliphatic rings. The molecule has 6 nitrogen and oxygen atoms in total. The van der Waals surface area contributed by atoms with Gasteiger partial charge in [0.25, 0.3) is 0 Å². The molecule has 0 unspecified atom stereocenters. The maximum Gasteiger partial charge on any atom is 0.240 e. The summed E-state index contributed by atoms with van der Waals surface area (Å²) in [4.78, 5) is 28.5. The lowest BCUT2D eigenvalue weighted by Gasteiger charge is -2.24. The first-order valence-corrected chi connectivity index (χ1v) is 14.4. The molecule has 0 saturated carbocycles. The molecule has 0 fully saturated rings. The van der Waals surface area contributed by atoms with E-state index in [2.05, 4.69) is 26.1 Å². The highest BCUT2D eigenvalue weighted by Crippen LogP contribution is 2.48. The fraction of sp³-hybridized carbons (Fsp3) is 0.281. The Morgan fingerprint density at radius 1 is 1.02 bits per heavy atom. The van der Waals surface area contributed by atoms with Gasteiger partial charge in [-0.3, -0.25) is 14.5 Å². The van der Waals surface area contributed by atoms with Gasteiger partial charge in [-0.2, -0.15) is 5.10 Å². The smallest absolute Gasteiger partial charge is 0.240 e. The highest BCUT2D eigenvalue weighted by molar-refractivity contribution is 8.00. The van der Waals surface area contributed by atoms with Gasteiger partial charge >= 0.3 is 0 Å². The Hall–Kier alpha value is -3.98. The van der Waals surface area contributed by atoms with Gasteiger partial charge in [-0.25, -0.2) is 13.5 Å². The second-order valence-corrected chi connectivity index (χ2v) is 12.3. The molecule has 0 saturated heterocycles. The Kier molecular flexibility index (Phi) is 8.00. The van der Waals surface area contributed by atoms with Crippen LogP contribution in [0.5, 0.6) is 0 Å². The molecule has 1 aromatic heterocycles. The third kappa shape index (κ3) is 6.20. The van der Waals surface area contributed by atoms with Crippen molar-refractivity contribution >= 4 is 29.4 Å². The first kappa shape index (κ1) is 28.5. The van der Waals surface area contributed by atoms with Gasteiger partial charge in [-0.15, -0.1) is 11.8 Å². The number of thioether (sulfide) groups is 1. The molecular weight excluding hydrogens is 542 g/mol. The zero-order valence-corrected chi connectivity index (χ0v) is 24.3. The monoisotopic (exact) mass is 574 g/mol. The molecular formula is C32H32F2N4O2S. The van der Waals surface area contributed by atoms with Gasteiger partial charge < -0.3 is 5.32 Å². The number of aromatic nitrogens is 2. The second kappa shape index (κ2) is 11.5. The number of benzene rings is 3. The van der Waals surface area contributed by atoms with Crippen molar-refractivity contribution in [2.75, 3.05) is 17.2 Å². The van der Waals surface area contributed by atoms with Crippen LogP contribution in [-0.4, -0.2) is 33.9 Å². The first-order chi connectivity index (χ1) is 19.5. The Labute approximate surface area is 242 Å². The number of amides is 2. The number of rotatable bonds is 6. The van der Waals surface area contributed by atoms with E-state index in [1.807, 2.05) is 37.3 Å². The summed E-state index contributed by atoms with van der Waals surface area (Å²) >= 11 is 1.40. The quantitative estimate of drug-likeness (QED) is 0.296. The van der Waals surface area contributed by atoms with Crippen LogP contribution in [0.1, 0.15) is 54.0 Å². The standard InChI is InChI=1S/C32H32F2N4O2S/c1-20-7-5-10-25(15-20)38-31-28(30(36-38)32(2,3)4)29(22-8-6-9-24(34)16-22)41-19-27(40)37(31)18-26(39)35-17-21-11-13-23(33)14-12-21/h5-16,29H,17-19H2,1-4H3,(H,35,39)/t29-/m1/s1. The summed E-state index contributed by atoms with van der Waals surface area (Å²) in [6.07, 6.45) is 0. The number of fused-ring (bicyclic) bond motifs is 1. The van der Waals surface area contributed by atoms with Gasteiger partial charge in [0.1, 0.15) is 24.0 Å². The van der Waals surface area contributed by atoms with E-state index >= 15 is 0 Å². The highest BCUT2D eigenvalue weighted by atomic mass is 32.2. The summed E-state index contributed by atoms with van der Waals surface area (Å²) in [5.74, 6) is -0.730. The van der Waals surface area contributed by atoms with Crippen LogP contribution in [-0.2, 0) is 21.5 Å². The fourth-order valence-electron chi connectivity index (χ4n) is 4.95. The summed E-state index contributed by atoms with van der Waals surface area (Å²) in [7, 11) is 0. The normalized spacial score (nSPS) is 15.4. The molecule has 3 aromatic carbocycles. The van der Waals surface area contributed by atoms with Crippen LogP contribution in [0.3, 0.4) is 0 Å². The largest absolute Gasteiger partial charge is 0.350 e. The van der Waals surface area contributed by atoms with E-state index in [-0.39, 0.29) is 47.5 Å². The molecule has 1 N–H and O–H groups in total. The summed E-state index contributed by atoms with van der Waals surface area (Å²) in [6.45, 7) is 8.10. The van der Waals surface area contributed by atoms with Gasteiger partial charge in [0.2, 0.25) is 11.8 Å². The Bertz CT molecular complexity index is 1590. The lowest BCUT2D eigenvalue weighted by molar-refractivity contribution is -0.123. The number of hydrogen-bond donors (Lipinski definition) is 1. The molecule has 0 radical (unpaired) electrons. The van der Waals surface area contributed by atoms with Crippen molar-refractivity contribution in [1.82, 2.24) is 15.1 Å². The summed E-state index contributed by atoms with van der Waals surface area (Å²) in [5.41, 5.74) is 4.36. The van der Waals surface area contributed by atoms with Gasteiger partial charge in [-0.1, -0.05) is 57.2 Å². The summed E-state index contributed by atoms with van der Waals surface area (Å²) < 4.78 is 29.5. The van der Waals surface area contributed by atoms with Gasteiger partial charge in [0.15, 0.2) is 0 Å². The van der Waals surface area contributed by atoms with Crippen molar-refractivity contribution in [3.63, 3.8) is 0 Å². The van der Waals surface area contributed by atoms with Crippen LogP contribution < -0.4 is 10.2 Å². The van der Waals surface area contributed by atoms with E-state index in [1.165, 1.54) is 40.9 Å². The third-order valence-electron chi connectivity index (χ3n) is 6.90. The summed E-state index contributed by atoms with van der Waals surface area (Å²) in [5, 5.41) is 7.52. The van der Waals surface area contributed by atoms with Gasteiger partial charge in [0, 0.05) is 17.5 Å². The number of anilines is 1. The van der Waals surface area contributed by atoms with E-state index in [1.54, 1.807) is 22.9 Å². The van der Waals surface area contributed by atoms with Crippen LogP contribution in [0.4, 0.5) is 14.6 Å². The predicted molar refractivity (Wildman–Crippen MR) is 158 cm³/mol. The van der Waals surface area contributed by atoms with Crippen molar-refractivity contribution in [2.45, 2.75) is 44.9 Å². The first-order valence-electron chi connectivity index (χ1n) is 13.4. The van der Waals surface area contributed by atoms with Crippen molar-refractivity contribution in [1.29, 1.82) is 0 Å². The number of nitrogens with zero attached hydrogens (tertiary/aromatic N) is 3. The van der Waals surface area contributed by atoms with E-state index in [0.29, 0.717) is 5.82 Å². The van der Waals surface area contributed by atoms with Gasteiger partial charge in [-0.05, 0) is 60.0 Å². The lowest BCUT2D eigenvalue weighted by Crippen LogP contribution is -2.42. The van der Waals surface area contributed by atoms with E-state index in [4.69, 9.17) is 5.10 Å². The molecule has 212 valence electrons. The molecule has 0 spiro atoms. The number of hydrogen-bond acceptors (Lipinski definition) is 4. The van der Waals surface area contributed by atoms with E-state index < -0.39 is 5.41 Å². The predicted octanol–water partition coefficient (Wildman–Crippen LogP) is 6.24. The molecule has 4 aromatic rings. The number of carbonyl (C=O) groups excluding carboxylic acids is 2. The molecule has 2 amide bonds. The Morgan fingerprint density at radius 2 is 1.76 bits per heavy atom. The molecule has 2 heterocycles. The number of carbonyl (C=O) groups is 2. The molecule has 1 atom stereocenters. The van der Waals surface area contributed by atoms with Crippen molar-refractivity contribution < 1.29 is 18.4 Å². The Morgan fingerprint density at radius 3 is 2.44 bits per heavy atom. The molecule has 9 heteroatoms. The molecule has 5 rings (SSSR count). The van der Waals surface area contributed by atoms with Crippen LogP contribution in [0.2, 0.25) is 0 Å². The minimum Gasteiger partial charge on any atom is -0.350 e. The fourth-order valence-corrected chi connectivity index (χ4v) is 6.14. The zero-order valence-electron chi connectivity index (χ0n) is 23.4. The minimum absolute atomic E-state index is 0.0957. The van der Waals surface area contributed by atoms with Crippen LogP contribution in [0, 0.1) is 18.6 Å². The van der Waals surface area contributed by atoms with Crippen LogP contribution in [0.15, 0.2) is 72.8 Å². The van der Waals surface area contributed by atoms with Crippen LogP contribution >= 0.6 is 11.8 Å². The number of aryl methyl sites for hydroxylation is 1. The average Bonchev–Trinajstić information content (AvgIpc) is 3.26. The maximum atomic E-state index is 14.4. The lowest BCUT2D eigenvalue weighted by atomic mass is 9.87. The number of halogens is 2. The third-order valence-corrected chi connectivity index (χ3v) is 8.16. The average molecular weight is 575 g/mol. The maximum absolute atomic E-state index is 14.4. The Balaban J connectivity index is 1.64. The number of nitrogens with one attached hydrogen (secondary N) is 1. The highest BCUT2D eigenvalue weighted by Gasteiger charge is 2.40. The van der Waals surface area contributed by atoms with Crippen LogP contribution in [0.25, 0.3) is 5.69 Å². The van der Waals surface area contributed by atoms with E-state index in [9.17, 15) is 18.4 Å². The topological polar surface area (TPSA) is 67.2 Å². The SMILES string of the molecule is Cc1cccc(-n2nc(C(C)(C)C)c3c2N(CC(=O)NCc2ccc(F)cc2)C(=O)CS[C@@H]3c2cccc(F)c2)c1. The summed E-state index contributed by atoms with van der Waals surface area (Å²) in [6, 6.07) is 20.1. The van der Waals surface area contributed by atoms with Crippen molar-refractivity contribution in [3.8, 4) is 5.69 Å². The molecule has 0 bridgehead atoms. The van der Waals surface area contributed by atoms with Crippen molar-refractivity contribution in [2.24, 2.45) is 0 Å². The second-order valence-electron chi connectivity index (χ2n) is 11.2. The molecule has 0 aliphatic carbocycles.